The number of benzene rings is 2. The lowest BCUT2D eigenvalue weighted by atomic mass is 9.92. The van der Waals surface area contributed by atoms with Crippen LogP contribution in [0.5, 0.6) is 23.0 Å². The van der Waals surface area contributed by atoms with Gasteiger partial charge in [0.2, 0.25) is 12.7 Å². The van der Waals surface area contributed by atoms with Gasteiger partial charge in [0.15, 0.2) is 34.3 Å². The van der Waals surface area contributed by atoms with Crippen molar-refractivity contribution in [2.45, 2.75) is 32.0 Å². The maximum Gasteiger partial charge on any atom is 0.433 e. The number of methoxy groups -OCH3 is 2. The maximum atomic E-state index is 14.1. The van der Waals surface area contributed by atoms with Crippen LogP contribution >= 0.6 is 0 Å². The Balaban J connectivity index is 1.30. The summed E-state index contributed by atoms with van der Waals surface area (Å²) >= 11 is 0. The van der Waals surface area contributed by atoms with Gasteiger partial charge in [0, 0.05) is 18.2 Å². The van der Waals surface area contributed by atoms with Gasteiger partial charge in [-0.25, -0.2) is 9.50 Å². The van der Waals surface area contributed by atoms with Gasteiger partial charge in [-0.05, 0) is 60.9 Å². The van der Waals surface area contributed by atoms with Gasteiger partial charge in [-0.1, -0.05) is 0 Å². The summed E-state index contributed by atoms with van der Waals surface area (Å²) in [5.41, 5.74) is 1.70. The van der Waals surface area contributed by atoms with Crippen molar-refractivity contribution in [3.8, 4) is 34.3 Å². The van der Waals surface area contributed by atoms with E-state index in [1.165, 1.54) is 6.07 Å². The molecule has 0 saturated carbocycles. The molecule has 1 atom stereocenters. The smallest absolute Gasteiger partial charge is 0.433 e. The topological polar surface area (TPSA) is 87.4 Å². The molecular weight excluding hydrogens is 529 g/mol. The normalized spacial score (nSPS) is 16.2. The van der Waals surface area contributed by atoms with Crippen molar-refractivity contribution in [2.24, 2.45) is 0 Å². The van der Waals surface area contributed by atoms with Gasteiger partial charge in [-0.3, -0.25) is 4.79 Å². The Morgan fingerprint density at radius 1 is 1.05 bits per heavy atom. The summed E-state index contributed by atoms with van der Waals surface area (Å²) in [6.07, 6.45) is -4.27. The molecule has 0 radical (unpaired) electrons. The number of alkyl halides is 3. The largest absolute Gasteiger partial charge is 0.493 e. The lowest BCUT2D eigenvalue weighted by Gasteiger charge is -2.35. The zero-order valence-electron chi connectivity index (χ0n) is 21.9. The minimum absolute atomic E-state index is 0.0147. The maximum absolute atomic E-state index is 14.1. The van der Waals surface area contributed by atoms with Gasteiger partial charge in [0.1, 0.15) is 0 Å². The van der Waals surface area contributed by atoms with E-state index in [-0.39, 0.29) is 42.2 Å². The Morgan fingerprint density at radius 3 is 2.55 bits per heavy atom. The number of rotatable bonds is 5. The van der Waals surface area contributed by atoms with Crippen molar-refractivity contribution in [1.82, 2.24) is 19.5 Å². The van der Waals surface area contributed by atoms with E-state index < -0.39 is 11.9 Å². The standard InChI is InChI=1S/C28H25F3N4O5/c1-15-19-12-23(38-3)22(37-2)8-16(19)6-7-34(15)27(36)11-18-10-26-32-20(13-25(28(29,30)31)35(26)33-18)17-4-5-21-24(9-17)40-14-39-21/h4-5,8-10,12-13,15H,6-7,11,14H2,1-3H3. The number of carbonyl (C=O) groups excluding carboxylic acids is 1. The van der Waals surface area contributed by atoms with Crippen molar-refractivity contribution in [3.05, 3.63) is 65.0 Å². The SMILES string of the molecule is COc1cc2c(cc1OC)C(C)N(C(=O)Cc1cc3nc(-c4ccc5c(c4)OCO5)cc(C(F)(F)F)n3n1)CC2. The second-order valence-corrected chi connectivity index (χ2v) is 9.59. The molecule has 0 fully saturated rings. The van der Waals surface area contributed by atoms with Crippen LogP contribution in [0.1, 0.15) is 35.5 Å². The highest BCUT2D eigenvalue weighted by Crippen LogP contribution is 2.39. The van der Waals surface area contributed by atoms with Crippen molar-refractivity contribution in [1.29, 1.82) is 0 Å². The average molecular weight is 555 g/mol. The van der Waals surface area contributed by atoms with Crippen LogP contribution in [0, 0.1) is 0 Å². The number of nitrogens with zero attached hydrogens (tertiary/aromatic N) is 4. The summed E-state index contributed by atoms with van der Waals surface area (Å²) in [6.45, 7) is 2.41. The molecule has 0 aliphatic carbocycles. The number of amides is 1. The van der Waals surface area contributed by atoms with Crippen molar-refractivity contribution in [2.75, 3.05) is 27.6 Å². The zero-order chi connectivity index (χ0) is 28.2. The molecule has 1 amide bonds. The number of aromatic nitrogens is 3. The molecular formula is C28H25F3N4O5. The van der Waals surface area contributed by atoms with Crippen LogP contribution in [0.4, 0.5) is 13.2 Å². The number of hydrogen-bond donors (Lipinski definition) is 0. The fourth-order valence-electron chi connectivity index (χ4n) is 5.26. The van der Waals surface area contributed by atoms with Gasteiger partial charge in [0.05, 0.1) is 38.1 Å². The highest BCUT2D eigenvalue weighted by atomic mass is 19.4. The third-order valence-corrected chi connectivity index (χ3v) is 7.27. The molecule has 9 nitrogen and oxygen atoms in total. The molecule has 4 heterocycles. The van der Waals surface area contributed by atoms with Gasteiger partial charge in [-0.2, -0.15) is 18.3 Å². The molecule has 0 saturated heterocycles. The number of hydrogen-bond acceptors (Lipinski definition) is 7. The fourth-order valence-corrected chi connectivity index (χ4v) is 5.26. The molecule has 6 rings (SSSR count). The lowest BCUT2D eigenvalue weighted by molar-refractivity contribution is -0.142. The lowest BCUT2D eigenvalue weighted by Crippen LogP contribution is -2.39. The highest BCUT2D eigenvalue weighted by molar-refractivity contribution is 5.80. The van der Waals surface area contributed by atoms with Crippen LogP contribution in [-0.4, -0.2) is 53.0 Å². The van der Waals surface area contributed by atoms with E-state index in [9.17, 15) is 18.0 Å². The van der Waals surface area contributed by atoms with Crippen LogP contribution in [-0.2, 0) is 23.8 Å². The first kappa shape index (κ1) is 25.8. The Bertz CT molecular complexity index is 1630. The summed E-state index contributed by atoms with van der Waals surface area (Å²) in [4.78, 5) is 19.5. The summed E-state index contributed by atoms with van der Waals surface area (Å²) in [7, 11) is 3.11. The van der Waals surface area contributed by atoms with E-state index in [0.717, 1.165) is 21.7 Å². The Morgan fingerprint density at radius 2 is 1.80 bits per heavy atom. The van der Waals surface area contributed by atoms with Gasteiger partial charge < -0.3 is 23.8 Å². The molecule has 12 heteroatoms. The highest BCUT2D eigenvalue weighted by Gasteiger charge is 2.36. The molecule has 2 aromatic carbocycles. The van der Waals surface area contributed by atoms with Gasteiger partial charge in [0.25, 0.3) is 0 Å². The average Bonchev–Trinajstić information content (AvgIpc) is 3.57. The number of halogens is 3. The first-order chi connectivity index (χ1) is 19.2. The first-order valence-electron chi connectivity index (χ1n) is 12.6. The Hall–Kier alpha value is -4.48. The summed E-state index contributed by atoms with van der Waals surface area (Å²) in [5, 5.41) is 4.13. The van der Waals surface area contributed by atoms with Crippen molar-refractivity contribution < 1.29 is 36.9 Å². The van der Waals surface area contributed by atoms with E-state index in [1.54, 1.807) is 37.3 Å². The van der Waals surface area contributed by atoms with Gasteiger partial charge in [-0.15, -0.1) is 0 Å². The first-order valence-corrected chi connectivity index (χ1v) is 12.6. The quantitative estimate of drug-likeness (QED) is 0.349. The van der Waals surface area contributed by atoms with Crippen molar-refractivity contribution >= 4 is 11.6 Å². The molecule has 1 unspecified atom stereocenters. The van der Waals surface area contributed by atoms with Crippen LogP contribution in [0.3, 0.4) is 0 Å². The van der Waals surface area contributed by atoms with Crippen LogP contribution in [0.2, 0.25) is 0 Å². The van der Waals surface area contributed by atoms with Crippen LogP contribution in [0.25, 0.3) is 16.9 Å². The number of fused-ring (bicyclic) bond motifs is 3. The zero-order valence-corrected chi connectivity index (χ0v) is 21.9. The van der Waals surface area contributed by atoms with Crippen molar-refractivity contribution in [3.63, 3.8) is 0 Å². The summed E-state index contributed by atoms with van der Waals surface area (Å²) in [5.74, 6) is 1.87. The summed E-state index contributed by atoms with van der Waals surface area (Å²) in [6, 6.07) is 10.7. The van der Waals surface area contributed by atoms with Crippen LogP contribution < -0.4 is 18.9 Å². The van der Waals surface area contributed by atoms with Crippen LogP contribution in [0.15, 0.2) is 42.5 Å². The molecule has 2 aromatic heterocycles. The predicted molar refractivity (Wildman–Crippen MR) is 137 cm³/mol. The van der Waals surface area contributed by atoms with E-state index in [1.807, 2.05) is 19.1 Å². The molecule has 0 spiro atoms. The molecule has 4 aromatic rings. The minimum atomic E-state index is -4.70. The third kappa shape index (κ3) is 4.42. The second kappa shape index (κ2) is 9.61. The fraction of sp³-hybridized carbons (Fsp3) is 0.321. The molecule has 208 valence electrons. The minimum Gasteiger partial charge on any atom is -0.493 e. The monoisotopic (exact) mass is 554 g/mol. The third-order valence-electron chi connectivity index (χ3n) is 7.27. The molecule has 40 heavy (non-hydrogen) atoms. The van der Waals surface area contributed by atoms with E-state index in [4.69, 9.17) is 18.9 Å². The number of ether oxygens (including phenoxy) is 4. The molecule has 2 aliphatic heterocycles. The second-order valence-electron chi connectivity index (χ2n) is 9.59. The van der Waals surface area contributed by atoms with E-state index in [0.29, 0.717) is 41.5 Å². The van der Waals surface area contributed by atoms with Gasteiger partial charge >= 0.3 is 6.18 Å². The summed E-state index contributed by atoms with van der Waals surface area (Å²) < 4.78 is 64.4. The predicted octanol–water partition coefficient (Wildman–Crippen LogP) is 4.85. The Kier molecular flexibility index (Phi) is 6.20. The number of carbonyl (C=O) groups is 1. The molecule has 0 N–H and O–H groups in total. The molecule has 0 bridgehead atoms. The molecule has 2 aliphatic rings. The van der Waals surface area contributed by atoms with E-state index >= 15 is 0 Å². The van der Waals surface area contributed by atoms with E-state index in [2.05, 4.69) is 10.1 Å². The Labute approximate surface area is 227 Å².